The molecule has 0 aromatic rings. The normalized spacial score (nSPS) is 0. The summed E-state index contributed by atoms with van der Waals surface area (Å²) in [6.07, 6.45) is 0. The van der Waals surface area contributed by atoms with Gasteiger partial charge in [0.05, 0.1) is 0 Å². The molecule has 0 atom stereocenters. The SMILES string of the molecule is [Al+3].[Cl-].[Li+].[OH-]. The molecule has 0 amide bonds. The Morgan fingerprint density at radius 3 is 1.00 bits per heavy atom. The van der Waals surface area contributed by atoms with Gasteiger partial charge in [0, 0.05) is 0 Å². The van der Waals surface area contributed by atoms with E-state index in [-0.39, 0.29) is 54.1 Å². The Balaban J connectivity index is 0. The van der Waals surface area contributed by atoms with E-state index in [0.29, 0.717) is 0 Å². The Hall–Kier alpha value is 1.38. The molecule has 0 heterocycles. The van der Waals surface area contributed by atoms with Crippen LogP contribution in [-0.4, -0.2) is 22.8 Å². The summed E-state index contributed by atoms with van der Waals surface area (Å²) in [5.74, 6) is 0. The monoisotopic (exact) mass is 86.0 g/mol. The molecule has 0 fully saturated rings. The quantitative estimate of drug-likeness (QED) is 0.270. The van der Waals surface area contributed by atoms with Crippen LogP contribution in [0.1, 0.15) is 0 Å². The number of halogens is 1. The van der Waals surface area contributed by atoms with Crippen molar-refractivity contribution in [1.82, 2.24) is 0 Å². The second-order valence-corrected chi connectivity index (χ2v) is 0. The fourth-order valence-electron chi connectivity index (χ4n) is 0. The van der Waals surface area contributed by atoms with Crippen molar-refractivity contribution in [2.24, 2.45) is 0 Å². The minimum Gasteiger partial charge on any atom is -1.00 e. The molecule has 4 heavy (non-hydrogen) atoms. The zero-order valence-corrected chi connectivity index (χ0v) is 4.31. The molecule has 4 heteroatoms. The molecule has 1 N–H and O–H groups in total. The van der Waals surface area contributed by atoms with Crippen molar-refractivity contribution in [1.29, 1.82) is 0 Å². The summed E-state index contributed by atoms with van der Waals surface area (Å²) in [5.41, 5.74) is 0. The molecule has 0 unspecified atom stereocenters. The molecule has 0 saturated carbocycles. The third-order valence-electron chi connectivity index (χ3n) is 0. The van der Waals surface area contributed by atoms with E-state index in [1.54, 1.807) is 0 Å². The van der Waals surface area contributed by atoms with E-state index < -0.39 is 0 Å². The third-order valence-corrected chi connectivity index (χ3v) is 0. The van der Waals surface area contributed by atoms with Crippen LogP contribution in [0.5, 0.6) is 0 Å². The summed E-state index contributed by atoms with van der Waals surface area (Å²) in [6, 6.07) is 0. The third kappa shape index (κ3) is 10.1. The molecule has 1 nitrogen and oxygen atoms in total. The van der Waals surface area contributed by atoms with Gasteiger partial charge in [0.1, 0.15) is 0 Å². The predicted octanol–water partition coefficient (Wildman–Crippen LogP) is -6.55. The minimum atomic E-state index is 0. The molecule has 0 aromatic carbocycles. The molecule has 0 aliphatic heterocycles. The Kier molecular flexibility index (Phi) is 356. The number of rotatable bonds is 0. The van der Waals surface area contributed by atoms with Gasteiger partial charge in [0.2, 0.25) is 0 Å². The van der Waals surface area contributed by atoms with Crippen molar-refractivity contribution in [3.05, 3.63) is 0 Å². The molecule has 0 saturated heterocycles. The van der Waals surface area contributed by atoms with E-state index in [0.717, 1.165) is 0 Å². The molecule has 0 aromatic heterocycles. The molecule has 0 radical (unpaired) electrons. The second kappa shape index (κ2) is 26.3. The van der Waals surface area contributed by atoms with Crippen LogP contribution in [0.15, 0.2) is 0 Å². The van der Waals surface area contributed by atoms with Crippen LogP contribution in [0.2, 0.25) is 0 Å². The molecular formula is HAlClLiO+2. The van der Waals surface area contributed by atoms with E-state index >= 15 is 0 Å². The van der Waals surface area contributed by atoms with Gasteiger partial charge < -0.3 is 17.9 Å². The van der Waals surface area contributed by atoms with Crippen molar-refractivity contribution in [3.63, 3.8) is 0 Å². The van der Waals surface area contributed by atoms with Crippen LogP contribution in [0.4, 0.5) is 0 Å². The van der Waals surface area contributed by atoms with Crippen LogP contribution in [-0.2, 0) is 0 Å². The van der Waals surface area contributed by atoms with Crippen LogP contribution in [0.3, 0.4) is 0 Å². The number of hydrogen-bond acceptors (Lipinski definition) is 1. The summed E-state index contributed by atoms with van der Waals surface area (Å²) in [5, 5.41) is 0. The van der Waals surface area contributed by atoms with Crippen LogP contribution >= 0.6 is 0 Å². The summed E-state index contributed by atoms with van der Waals surface area (Å²) in [4.78, 5) is 0. The first-order chi connectivity index (χ1) is 0. The summed E-state index contributed by atoms with van der Waals surface area (Å²) in [6.45, 7) is 0. The van der Waals surface area contributed by atoms with Gasteiger partial charge in [-0.1, -0.05) is 0 Å². The minimum absolute atomic E-state index is 0. The zero-order valence-electron chi connectivity index (χ0n) is 2.40. The van der Waals surface area contributed by atoms with E-state index in [1.165, 1.54) is 0 Å². The van der Waals surface area contributed by atoms with Gasteiger partial charge in [-0.25, -0.2) is 0 Å². The fraction of sp³-hybridized carbons (Fsp3) is 0. The molecule has 0 rings (SSSR count). The predicted molar refractivity (Wildman–Crippen MR) is 7.69 cm³/mol. The summed E-state index contributed by atoms with van der Waals surface area (Å²) >= 11 is 0. The van der Waals surface area contributed by atoms with Crippen molar-refractivity contribution < 1.29 is 36.7 Å². The van der Waals surface area contributed by atoms with Crippen LogP contribution in [0.25, 0.3) is 0 Å². The average molecular weight is 86.4 g/mol. The summed E-state index contributed by atoms with van der Waals surface area (Å²) < 4.78 is 0. The van der Waals surface area contributed by atoms with Gasteiger partial charge in [-0.15, -0.1) is 0 Å². The maximum absolute atomic E-state index is 0. The molecule has 0 aliphatic rings. The van der Waals surface area contributed by atoms with Crippen LogP contribution < -0.4 is 31.3 Å². The maximum Gasteiger partial charge on any atom is 3.00 e. The smallest absolute Gasteiger partial charge is 1.00 e. The van der Waals surface area contributed by atoms with Gasteiger partial charge in [-0.3, -0.25) is 0 Å². The molecule has 0 spiro atoms. The largest absolute Gasteiger partial charge is 3.00 e. The fourth-order valence-corrected chi connectivity index (χ4v) is 0. The van der Waals surface area contributed by atoms with Gasteiger partial charge >= 0.3 is 36.2 Å². The Bertz CT molecular complexity index is 8.00. The van der Waals surface area contributed by atoms with Crippen molar-refractivity contribution in [3.8, 4) is 0 Å². The first kappa shape index (κ1) is 54.2. The summed E-state index contributed by atoms with van der Waals surface area (Å²) in [7, 11) is 0. The molecule has 0 aliphatic carbocycles. The van der Waals surface area contributed by atoms with Gasteiger partial charge in [-0.05, 0) is 0 Å². The molecule has 0 bridgehead atoms. The van der Waals surface area contributed by atoms with Gasteiger partial charge in [0.15, 0.2) is 0 Å². The van der Waals surface area contributed by atoms with E-state index in [1.807, 2.05) is 0 Å². The van der Waals surface area contributed by atoms with Gasteiger partial charge in [-0.2, -0.15) is 0 Å². The average Bonchev–Trinajstić information content (AvgIpc) is 0. The van der Waals surface area contributed by atoms with Crippen molar-refractivity contribution in [2.45, 2.75) is 0 Å². The van der Waals surface area contributed by atoms with Crippen LogP contribution in [0, 0.1) is 0 Å². The Labute approximate surface area is 54.2 Å². The molecule has 16 valence electrons. The van der Waals surface area contributed by atoms with Crippen molar-refractivity contribution >= 4 is 17.4 Å². The van der Waals surface area contributed by atoms with E-state index in [4.69, 9.17) is 0 Å². The standard InChI is InChI=1S/Al.ClH.Li.H2O/h;1H;;1H2/q+3;;+1;/p-2. The number of hydrogen-bond donors (Lipinski definition) is 0. The Morgan fingerprint density at radius 2 is 1.00 bits per heavy atom. The van der Waals surface area contributed by atoms with Gasteiger partial charge in [0.25, 0.3) is 0 Å². The topological polar surface area (TPSA) is 30.0 Å². The zero-order chi connectivity index (χ0) is 0. The maximum atomic E-state index is 0. The first-order valence-electron chi connectivity index (χ1n) is 0. The molecular weight excluding hydrogens is 85.4 g/mol. The van der Waals surface area contributed by atoms with E-state index in [2.05, 4.69) is 0 Å². The first-order valence-corrected chi connectivity index (χ1v) is 0. The Morgan fingerprint density at radius 1 is 1.00 bits per heavy atom. The van der Waals surface area contributed by atoms with E-state index in [9.17, 15) is 0 Å². The second-order valence-electron chi connectivity index (χ2n) is 0. The van der Waals surface area contributed by atoms with Crippen molar-refractivity contribution in [2.75, 3.05) is 0 Å².